The number of nitrogens with one attached hydrogen (secondary N) is 2. The number of anilines is 1. The SMILES string of the molecule is COC(=O)c1cccc2c3n(c(=N)nc12)CCN3. The van der Waals surface area contributed by atoms with Gasteiger partial charge in [0.1, 0.15) is 5.82 Å². The highest BCUT2D eigenvalue weighted by Crippen LogP contribution is 2.25. The molecular formula is C12H12N4O2. The first-order valence-corrected chi connectivity index (χ1v) is 5.62. The van der Waals surface area contributed by atoms with E-state index in [-0.39, 0.29) is 5.62 Å². The first kappa shape index (κ1) is 10.8. The molecule has 92 valence electrons. The Morgan fingerprint density at radius 2 is 2.39 bits per heavy atom. The molecule has 1 aliphatic rings. The van der Waals surface area contributed by atoms with Gasteiger partial charge in [0.05, 0.1) is 18.2 Å². The van der Waals surface area contributed by atoms with E-state index >= 15 is 0 Å². The Kier molecular flexibility index (Phi) is 2.29. The lowest BCUT2D eigenvalue weighted by Crippen LogP contribution is -2.22. The predicted octanol–water partition coefficient (Wildman–Crippen LogP) is 0.728. The Labute approximate surface area is 103 Å². The highest BCUT2D eigenvalue weighted by atomic mass is 16.5. The van der Waals surface area contributed by atoms with Crippen LogP contribution in [0.2, 0.25) is 0 Å². The van der Waals surface area contributed by atoms with Gasteiger partial charge < -0.3 is 10.1 Å². The minimum absolute atomic E-state index is 0.152. The second kappa shape index (κ2) is 3.83. The molecule has 1 aromatic heterocycles. The molecule has 0 radical (unpaired) electrons. The highest BCUT2D eigenvalue weighted by Gasteiger charge is 2.18. The lowest BCUT2D eigenvalue weighted by Gasteiger charge is -2.09. The van der Waals surface area contributed by atoms with Crippen LogP contribution in [-0.2, 0) is 11.3 Å². The number of nitrogens with zero attached hydrogens (tertiary/aromatic N) is 2. The number of para-hydroxylation sites is 1. The van der Waals surface area contributed by atoms with E-state index in [1.165, 1.54) is 7.11 Å². The topological polar surface area (TPSA) is 80.0 Å². The van der Waals surface area contributed by atoms with Crippen LogP contribution in [0, 0.1) is 5.41 Å². The van der Waals surface area contributed by atoms with Gasteiger partial charge in [0.25, 0.3) is 0 Å². The predicted molar refractivity (Wildman–Crippen MR) is 65.4 cm³/mol. The summed E-state index contributed by atoms with van der Waals surface area (Å²) >= 11 is 0. The number of hydrogen-bond acceptors (Lipinski definition) is 5. The van der Waals surface area contributed by atoms with Crippen LogP contribution in [0.25, 0.3) is 10.9 Å². The molecular weight excluding hydrogens is 232 g/mol. The molecule has 0 bridgehead atoms. The zero-order valence-electron chi connectivity index (χ0n) is 9.86. The first-order valence-electron chi connectivity index (χ1n) is 5.62. The Morgan fingerprint density at radius 1 is 1.56 bits per heavy atom. The molecule has 0 saturated carbocycles. The number of esters is 1. The largest absolute Gasteiger partial charge is 0.465 e. The van der Waals surface area contributed by atoms with E-state index < -0.39 is 5.97 Å². The summed E-state index contributed by atoms with van der Waals surface area (Å²) in [5.74, 6) is 0.409. The summed E-state index contributed by atoms with van der Waals surface area (Å²) in [4.78, 5) is 15.9. The van der Waals surface area contributed by atoms with E-state index in [0.717, 1.165) is 24.3 Å². The van der Waals surface area contributed by atoms with Crippen molar-refractivity contribution in [2.24, 2.45) is 0 Å². The van der Waals surface area contributed by atoms with E-state index in [1.54, 1.807) is 16.7 Å². The first-order chi connectivity index (χ1) is 8.72. The molecule has 0 saturated heterocycles. The normalized spacial score (nSPS) is 13.2. The third kappa shape index (κ3) is 1.38. The van der Waals surface area contributed by atoms with Crippen molar-refractivity contribution in [1.29, 1.82) is 5.41 Å². The Bertz CT molecular complexity index is 705. The second-order valence-electron chi connectivity index (χ2n) is 4.06. The van der Waals surface area contributed by atoms with Gasteiger partial charge in [-0.05, 0) is 12.1 Å². The van der Waals surface area contributed by atoms with E-state index in [9.17, 15) is 4.79 Å². The number of methoxy groups -OCH3 is 1. The number of rotatable bonds is 1. The maximum atomic E-state index is 11.7. The third-order valence-electron chi connectivity index (χ3n) is 3.07. The molecule has 0 fully saturated rings. The molecule has 18 heavy (non-hydrogen) atoms. The highest BCUT2D eigenvalue weighted by molar-refractivity contribution is 6.05. The van der Waals surface area contributed by atoms with E-state index in [4.69, 9.17) is 10.1 Å². The number of fused-ring (bicyclic) bond motifs is 3. The van der Waals surface area contributed by atoms with Crippen LogP contribution < -0.4 is 10.9 Å². The van der Waals surface area contributed by atoms with Crippen LogP contribution >= 0.6 is 0 Å². The van der Waals surface area contributed by atoms with Gasteiger partial charge in [0.2, 0.25) is 5.62 Å². The van der Waals surface area contributed by atoms with Crippen LogP contribution in [-0.4, -0.2) is 29.2 Å². The summed E-state index contributed by atoms with van der Waals surface area (Å²) in [5, 5.41) is 11.9. The van der Waals surface area contributed by atoms with Gasteiger partial charge in [-0.15, -0.1) is 0 Å². The number of carbonyl (C=O) groups excluding carboxylic acids is 1. The van der Waals surface area contributed by atoms with Crippen molar-refractivity contribution in [3.05, 3.63) is 29.4 Å². The summed E-state index contributed by atoms with van der Waals surface area (Å²) in [5.41, 5.74) is 1.05. The summed E-state index contributed by atoms with van der Waals surface area (Å²) in [6, 6.07) is 5.34. The molecule has 0 aliphatic carbocycles. The number of hydrogen-bond donors (Lipinski definition) is 2. The van der Waals surface area contributed by atoms with Gasteiger partial charge >= 0.3 is 5.97 Å². The van der Waals surface area contributed by atoms with Gasteiger partial charge in [-0.3, -0.25) is 9.98 Å². The zero-order valence-corrected chi connectivity index (χ0v) is 9.86. The Morgan fingerprint density at radius 3 is 3.17 bits per heavy atom. The summed E-state index contributed by atoms with van der Waals surface area (Å²) in [6.07, 6.45) is 0. The summed E-state index contributed by atoms with van der Waals surface area (Å²) < 4.78 is 6.53. The van der Waals surface area contributed by atoms with Gasteiger partial charge in [0.15, 0.2) is 0 Å². The maximum Gasteiger partial charge on any atom is 0.340 e. The molecule has 0 unspecified atom stereocenters. The quantitative estimate of drug-likeness (QED) is 0.725. The average Bonchev–Trinajstić information content (AvgIpc) is 2.87. The lowest BCUT2D eigenvalue weighted by molar-refractivity contribution is 0.0603. The van der Waals surface area contributed by atoms with Crippen LogP contribution in [0.4, 0.5) is 5.82 Å². The van der Waals surface area contributed by atoms with Gasteiger partial charge in [-0.2, -0.15) is 0 Å². The van der Waals surface area contributed by atoms with Crippen molar-refractivity contribution < 1.29 is 9.53 Å². The van der Waals surface area contributed by atoms with Crippen molar-refractivity contribution in [2.45, 2.75) is 6.54 Å². The Hall–Kier alpha value is -2.37. The molecule has 2 aromatic rings. The van der Waals surface area contributed by atoms with E-state index in [0.29, 0.717) is 11.1 Å². The zero-order chi connectivity index (χ0) is 12.7. The number of benzene rings is 1. The van der Waals surface area contributed by atoms with E-state index in [1.807, 2.05) is 6.07 Å². The minimum Gasteiger partial charge on any atom is -0.465 e. The molecule has 6 heteroatoms. The van der Waals surface area contributed by atoms with Crippen molar-refractivity contribution in [2.75, 3.05) is 19.0 Å². The molecule has 2 heterocycles. The van der Waals surface area contributed by atoms with Crippen LogP contribution in [0.5, 0.6) is 0 Å². The number of ether oxygens (including phenoxy) is 1. The number of aromatic nitrogens is 2. The summed E-state index contributed by atoms with van der Waals surface area (Å²) in [7, 11) is 1.34. The average molecular weight is 244 g/mol. The second-order valence-corrected chi connectivity index (χ2v) is 4.06. The van der Waals surface area contributed by atoms with Crippen LogP contribution in [0.3, 0.4) is 0 Å². The van der Waals surface area contributed by atoms with Crippen molar-refractivity contribution in [3.8, 4) is 0 Å². The number of carbonyl (C=O) groups is 1. The fourth-order valence-electron chi connectivity index (χ4n) is 2.24. The van der Waals surface area contributed by atoms with Gasteiger partial charge in [-0.25, -0.2) is 9.78 Å². The molecule has 0 atom stereocenters. The third-order valence-corrected chi connectivity index (χ3v) is 3.07. The van der Waals surface area contributed by atoms with Crippen LogP contribution in [0.1, 0.15) is 10.4 Å². The van der Waals surface area contributed by atoms with Crippen LogP contribution in [0.15, 0.2) is 18.2 Å². The molecule has 0 spiro atoms. The Balaban J connectivity index is 2.40. The molecule has 1 aliphatic heterocycles. The maximum absolute atomic E-state index is 11.7. The van der Waals surface area contributed by atoms with E-state index in [2.05, 4.69) is 10.3 Å². The van der Waals surface area contributed by atoms with Gasteiger partial charge in [0, 0.05) is 18.5 Å². The summed E-state index contributed by atoms with van der Waals surface area (Å²) in [6.45, 7) is 1.49. The molecule has 1 aromatic carbocycles. The standard InChI is InChI=1S/C12H12N4O2/c1-18-11(17)8-4-2-3-7-9(8)15-12(13)16-6-5-14-10(7)16/h2-4,13-14H,5-6H2,1H3. The van der Waals surface area contributed by atoms with Crippen molar-refractivity contribution in [3.63, 3.8) is 0 Å². The van der Waals surface area contributed by atoms with Crippen molar-refractivity contribution in [1.82, 2.24) is 9.55 Å². The van der Waals surface area contributed by atoms with Gasteiger partial charge in [-0.1, -0.05) is 6.07 Å². The fraction of sp³-hybridized carbons (Fsp3) is 0.250. The molecule has 0 amide bonds. The minimum atomic E-state index is -0.435. The monoisotopic (exact) mass is 244 g/mol. The fourth-order valence-corrected chi connectivity index (χ4v) is 2.24. The molecule has 2 N–H and O–H groups in total. The van der Waals surface area contributed by atoms with Crippen molar-refractivity contribution >= 4 is 22.7 Å². The smallest absolute Gasteiger partial charge is 0.340 e. The molecule has 6 nitrogen and oxygen atoms in total. The lowest BCUT2D eigenvalue weighted by atomic mass is 10.1. The molecule has 3 rings (SSSR count).